The lowest BCUT2D eigenvalue weighted by Crippen LogP contribution is -2.44. The van der Waals surface area contributed by atoms with E-state index in [2.05, 4.69) is 10.1 Å². The Balaban J connectivity index is 2.05. The fraction of sp³-hybridized carbons (Fsp3) is 0.875. The Morgan fingerprint density at radius 2 is 2.45 bits per heavy atom. The molecule has 2 heterocycles. The molecule has 2 aliphatic heterocycles. The van der Waals surface area contributed by atoms with Crippen LogP contribution in [0, 0.1) is 5.92 Å². The molecule has 0 aliphatic carbocycles. The molecule has 1 N–H and O–H groups in total. The van der Waals surface area contributed by atoms with E-state index in [1.54, 1.807) is 0 Å². The maximum absolute atomic E-state index is 8.61. The summed E-state index contributed by atoms with van der Waals surface area (Å²) in [7, 11) is 0. The third-order valence-corrected chi connectivity index (χ3v) is 2.67. The van der Waals surface area contributed by atoms with Crippen LogP contribution in [-0.2, 0) is 0 Å². The van der Waals surface area contributed by atoms with E-state index in [9.17, 15) is 0 Å². The summed E-state index contributed by atoms with van der Waals surface area (Å²) < 4.78 is 0. The smallest absolute Gasteiger partial charge is 0.0713 e. The van der Waals surface area contributed by atoms with Gasteiger partial charge in [-0.2, -0.15) is 0 Å². The van der Waals surface area contributed by atoms with Gasteiger partial charge in [0.05, 0.1) is 5.71 Å². The minimum atomic E-state index is 0.767. The fourth-order valence-electron chi connectivity index (χ4n) is 2.19. The summed E-state index contributed by atoms with van der Waals surface area (Å²) in [5, 5.41) is 11.9. The molecular formula is C8H14N2O. The van der Waals surface area contributed by atoms with E-state index in [1.165, 1.54) is 25.9 Å². The van der Waals surface area contributed by atoms with E-state index in [0.717, 1.165) is 24.6 Å². The second-order valence-electron chi connectivity index (χ2n) is 3.61. The van der Waals surface area contributed by atoms with Crippen LogP contribution >= 0.6 is 0 Å². The second kappa shape index (κ2) is 2.81. The predicted molar refractivity (Wildman–Crippen MR) is 43.0 cm³/mol. The first-order valence-corrected chi connectivity index (χ1v) is 4.30. The summed E-state index contributed by atoms with van der Waals surface area (Å²) in [6.45, 7) is 3.31. The Hall–Kier alpha value is -0.570. The summed E-state index contributed by atoms with van der Waals surface area (Å²) in [6.07, 6.45) is 3.66. The Kier molecular flexibility index (Phi) is 1.82. The van der Waals surface area contributed by atoms with Gasteiger partial charge in [-0.05, 0) is 31.7 Å². The lowest BCUT2D eigenvalue weighted by Gasteiger charge is -2.37. The van der Waals surface area contributed by atoms with Gasteiger partial charge in [-0.3, -0.25) is 4.90 Å². The van der Waals surface area contributed by atoms with E-state index in [-0.39, 0.29) is 0 Å². The third kappa shape index (κ3) is 1.38. The first-order chi connectivity index (χ1) is 5.38. The monoisotopic (exact) mass is 154 g/mol. The van der Waals surface area contributed by atoms with Crippen LogP contribution in [-0.4, -0.2) is 35.5 Å². The Morgan fingerprint density at radius 1 is 1.55 bits per heavy atom. The summed E-state index contributed by atoms with van der Waals surface area (Å²) >= 11 is 0. The van der Waals surface area contributed by atoms with Gasteiger partial charge in [-0.25, -0.2) is 0 Å². The molecule has 2 bridgehead atoms. The Labute approximate surface area is 66.7 Å². The van der Waals surface area contributed by atoms with Gasteiger partial charge in [0.15, 0.2) is 0 Å². The Bertz CT molecular complexity index is 165. The topological polar surface area (TPSA) is 35.8 Å². The molecule has 2 atom stereocenters. The minimum Gasteiger partial charge on any atom is -0.411 e. The average molecular weight is 154 g/mol. The van der Waals surface area contributed by atoms with Crippen LogP contribution in [0.4, 0.5) is 0 Å². The van der Waals surface area contributed by atoms with Crippen molar-refractivity contribution in [3.63, 3.8) is 0 Å². The quantitative estimate of drug-likeness (QED) is 0.416. The average Bonchev–Trinajstić information content (AvgIpc) is 2.03. The molecule has 2 unspecified atom stereocenters. The molecule has 2 saturated heterocycles. The molecule has 0 radical (unpaired) electrons. The highest BCUT2D eigenvalue weighted by Crippen LogP contribution is 2.24. The molecule has 0 aromatic carbocycles. The van der Waals surface area contributed by atoms with Gasteiger partial charge in [0, 0.05) is 13.1 Å². The highest BCUT2D eigenvalue weighted by molar-refractivity contribution is 5.86. The van der Waals surface area contributed by atoms with Crippen LogP contribution in [0.3, 0.4) is 0 Å². The van der Waals surface area contributed by atoms with Crippen LogP contribution in [0.5, 0.6) is 0 Å². The van der Waals surface area contributed by atoms with E-state index in [0.29, 0.717) is 0 Å². The molecule has 0 saturated carbocycles. The van der Waals surface area contributed by atoms with Crippen LogP contribution in [0.25, 0.3) is 0 Å². The lowest BCUT2D eigenvalue weighted by atomic mass is 9.89. The molecule has 0 amide bonds. The molecule has 0 spiro atoms. The van der Waals surface area contributed by atoms with Crippen molar-refractivity contribution in [2.45, 2.75) is 19.3 Å². The zero-order valence-electron chi connectivity index (χ0n) is 6.66. The zero-order chi connectivity index (χ0) is 7.68. The van der Waals surface area contributed by atoms with Gasteiger partial charge in [-0.15, -0.1) is 0 Å². The van der Waals surface area contributed by atoms with Gasteiger partial charge < -0.3 is 5.21 Å². The zero-order valence-corrected chi connectivity index (χ0v) is 6.66. The maximum atomic E-state index is 8.61. The van der Waals surface area contributed by atoms with Crippen LogP contribution in [0.1, 0.15) is 19.3 Å². The second-order valence-corrected chi connectivity index (χ2v) is 3.61. The predicted octanol–water partition coefficient (Wildman–Crippen LogP) is 0.932. The minimum absolute atomic E-state index is 0.767. The molecular weight excluding hydrogens is 140 g/mol. The largest absolute Gasteiger partial charge is 0.411 e. The maximum Gasteiger partial charge on any atom is 0.0713 e. The fourth-order valence-corrected chi connectivity index (χ4v) is 2.19. The number of nitrogens with zero attached hydrogens (tertiary/aromatic N) is 2. The molecule has 3 nitrogen and oxygen atoms in total. The van der Waals surface area contributed by atoms with Crippen molar-refractivity contribution in [3.8, 4) is 0 Å². The summed E-state index contributed by atoms with van der Waals surface area (Å²) in [5.41, 5.74) is 0.973. The molecule has 0 aromatic rings. The van der Waals surface area contributed by atoms with Gasteiger partial charge in [0.25, 0.3) is 0 Å². The number of hydrogen-bond acceptors (Lipinski definition) is 3. The van der Waals surface area contributed by atoms with Crippen molar-refractivity contribution in [1.29, 1.82) is 0 Å². The van der Waals surface area contributed by atoms with E-state index < -0.39 is 0 Å². The van der Waals surface area contributed by atoms with Crippen LogP contribution in [0.15, 0.2) is 5.16 Å². The summed E-state index contributed by atoms with van der Waals surface area (Å²) in [4.78, 5) is 2.38. The lowest BCUT2D eigenvalue weighted by molar-refractivity contribution is 0.174. The number of fused-ring (bicyclic) bond motifs is 2. The van der Waals surface area contributed by atoms with Crippen LogP contribution in [0.2, 0.25) is 0 Å². The van der Waals surface area contributed by atoms with Crippen molar-refractivity contribution >= 4 is 5.71 Å². The molecule has 2 aliphatic rings. The Morgan fingerprint density at radius 3 is 3.18 bits per heavy atom. The summed E-state index contributed by atoms with van der Waals surface area (Å²) in [6, 6.07) is 0. The highest BCUT2D eigenvalue weighted by Gasteiger charge is 2.27. The number of hydrogen-bond donors (Lipinski definition) is 1. The molecule has 62 valence electrons. The molecule has 3 heteroatoms. The van der Waals surface area contributed by atoms with Gasteiger partial charge in [0.1, 0.15) is 0 Å². The van der Waals surface area contributed by atoms with Gasteiger partial charge >= 0.3 is 0 Å². The standard InChI is InChI=1S/C8H14N2O/c11-9-8-4-7-2-1-3-10(5-7)6-8/h7,11H,1-6H2. The van der Waals surface area contributed by atoms with Crippen molar-refractivity contribution in [1.82, 2.24) is 4.90 Å². The number of oxime groups is 1. The number of rotatable bonds is 0. The third-order valence-electron chi connectivity index (χ3n) is 2.67. The molecule has 11 heavy (non-hydrogen) atoms. The molecule has 0 aromatic heterocycles. The van der Waals surface area contributed by atoms with Crippen molar-refractivity contribution in [2.75, 3.05) is 19.6 Å². The van der Waals surface area contributed by atoms with Crippen molar-refractivity contribution in [2.24, 2.45) is 11.1 Å². The first-order valence-electron chi connectivity index (χ1n) is 4.30. The van der Waals surface area contributed by atoms with E-state index in [1.807, 2.05) is 0 Å². The highest BCUT2D eigenvalue weighted by atomic mass is 16.4. The van der Waals surface area contributed by atoms with Gasteiger partial charge in [0.2, 0.25) is 0 Å². The van der Waals surface area contributed by atoms with Gasteiger partial charge in [-0.1, -0.05) is 5.16 Å². The van der Waals surface area contributed by atoms with Crippen LogP contribution < -0.4 is 0 Å². The SMILES string of the molecule is ON=C1CC2CCCN(C1)C2. The molecule has 2 rings (SSSR count). The number of piperidine rings is 2. The van der Waals surface area contributed by atoms with E-state index in [4.69, 9.17) is 5.21 Å². The normalized spacial score (nSPS) is 40.9. The summed E-state index contributed by atoms with van der Waals surface area (Å²) in [5.74, 6) is 0.767. The molecule has 2 fully saturated rings. The van der Waals surface area contributed by atoms with E-state index >= 15 is 0 Å². The first kappa shape index (κ1) is 7.10. The van der Waals surface area contributed by atoms with Crippen molar-refractivity contribution < 1.29 is 5.21 Å². The van der Waals surface area contributed by atoms with Crippen molar-refractivity contribution in [3.05, 3.63) is 0 Å².